The number of aliphatic hydroxyl groups is 3. The van der Waals surface area contributed by atoms with Gasteiger partial charge in [0.1, 0.15) is 18.3 Å². The SMILES string of the molecule is O=C(O)c1ccc(N[C@H]2OC[C@H](O)[C@@H](O)[C@@H]2O)cc1. The molecule has 2 rings (SSSR count). The van der Waals surface area contributed by atoms with Crippen LogP contribution in [0.4, 0.5) is 5.69 Å². The number of anilines is 1. The first-order valence-electron chi connectivity index (χ1n) is 5.74. The molecule has 1 aliphatic heterocycles. The van der Waals surface area contributed by atoms with Crippen LogP contribution in [-0.2, 0) is 4.74 Å². The minimum absolute atomic E-state index is 0.0941. The number of carboxylic acid groups (broad SMARTS) is 1. The standard InChI is InChI=1S/C12H15NO6/c14-8-5-19-11(10(16)9(8)15)13-7-3-1-6(2-4-7)12(17)18/h1-4,8-11,13-16H,5H2,(H,17,18)/t8-,9+,10-,11-/m0/s1. The van der Waals surface area contributed by atoms with E-state index in [4.69, 9.17) is 9.84 Å². The van der Waals surface area contributed by atoms with Crippen molar-refractivity contribution in [3.8, 4) is 0 Å². The summed E-state index contributed by atoms with van der Waals surface area (Å²) in [6.07, 6.45) is -4.55. The van der Waals surface area contributed by atoms with Crippen LogP contribution in [0.3, 0.4) is 0 Å². The molecule has 1 fully saturated rings. The summed E-state index contributed by atoms with van der Waals surface area (Å²) in [7, 11) is 0. The summed E-state index contributed by atoms with van der Waals surface area (Å²) in [5.74, 6) is -1.03. The van der Waals surface area contributed by atoms with Crippen molar-refractivity contribution in [3.63, 3.8) is 0 Å². The van der Waals surface area contributed by atoms with E-state index in [1.165, 1.54) is 24.3 Å². The molecule has 1 aromatic carbocycles. The highest BCUT2D eigenvalue weighted by Gasteiger charge is 2.37. The number of carbonyl (C=O) groups is 1. The van der Waals surface area contributed by atoms with E-state index in [-0.39, 0.29) is 12.2 Å². The van der Waals surface area contributed by atoms with Crippen LogP contribution in [0.5, 0.6) is 0 Å². The maximum absolute atomic E-state index is 10.7. The van der Waals surface area contributed by atoms with E-state index in [0.717, 1.165) is 0 Å². The normalized spacial score (nSPS) is 30.9. The number of aliphatic hydroxyl groups excluding tert-OH is 3. The summed E-state index contributed by atoms with van der Waals surface area (Å²) in [6, 6.07) is 5.87. The lowest BCUT2D eigenvalue weighted by Gasteiger charge is -2.35. The lowest BCUT2D eigenvalue weighted by atomic mass is 10.0. The lowest BCUT2D eigenvalue weighted by molar-refractivity contribution is -0.178. The predicted octanol–water partition coefficient (Wildman–Crippen LogP) is -0.764. The van der Waals surface area contributed by atoms with Gasteiger partial charge in [-0.1, -0.05) is 0 Å². The summed E-state index contributed by atoms with van der Waals surface area (Å²) in [4.78, 5) is 10.7. The molecule has 19 heavy (non-hydrogen) atoms. The van der Waals surface area contributed by atoms with Crippen molar-refractivity contribution >= 4 is 11.7 Å². The van der Waals surface area contributed by atoms with Crippen LogP contribution in [0, 0.1) is 0 Å². The smallest absolute Gasteiger partial charge is 0.335 e. The molecule has 0 aromatic heterocycles. The minimum atomic E-state index is -1.29. The van der Waals surface area contributed by atoms with E-state index in [0.29, 0.717) is 5.69 Å². The zero-order valence-electron chi connectivity index (χ0n) is 9.93. The summed E-state index contributed by atoms with van der Waals surface area (Å²) >= 11 is 0. The molecule has 4 atom stereocenters. The Labute approximate surface area is 109 Å². The van der Waals surface area contributed by atoms with E-state index in [9.17, 15) is 20.1 Å². The van der Waals surface area contributed by atoms with Gasteiger partial charge in [-0.05, 0) is 24.3 Å². The van der Waals surface area contributed by atoms with E-state index in [1.54, 1.807) is 0 Å². The second-order valence-electron chi connectivity index (χ2n) is 4.33. The van der Waals surface area contributed by atoms with Crippen molar-refractivity contribution < 1.29 is 30.0 Å². The minimum Gasteiger partial charge on any atom is -0.478 e. The van der Waals surface area contributed by atoms with Gasteiger partial charge in [0.15, 0.2) is 6.23 Å². The fraction of sp³-hybridized carbons (Fsp3) is 0.417. The number of benzene rings is 1. The molecule has 104 valence electrons. The molecule has 7 nitrogen and oxygen atoms in total. The maximum atomic E-state index is 10.7. The Bertz CT molecular complexity index is 448. The van der Waals surface area contributed by atoms with Crippen LogP contribution in [0.2, 0.25) is 0 Å². The molecule has 1 aromatic rings. The van der Waals surface area contributed by atoms with Crippen molar-refractivity contribution in [1.29, 1.82) is 0 Å². The van der Waals surface area contributed by atoms with Gasteiger partial charge in [0.05, 0.1) is 12.2 Å². The number of ether oxygens (including phenoxy) is 1. The van der Waals surface area contributed by atoms with Crippen LogP contribution in [0.1, 0.15) is 10.4 Å². The average Bonchev–Trinajstić information content (AvgIpc) is 2.40. The van der Waals surface area contributed by atoms with Gasteiger partial charge in [0.25, 0.3) is 0 Å². The van der Waals surface area contributed by atoms with Gasteiger partial charge in [0, 0.05) is 5.69 Å². The first-order valence-corrected chi connectivity index (χ1v) is 5.74. The Hall–Kier alpha value is -1.67. The molecule has 1 saturated heterocycles. The summed E-state index contributed by atoms with van der Waals surface area (Å²) in [5.41, 5.74) is 0.684. The van der Waals surface area contributed by atoms with E-state index < -0.39 is 30.5 Å². The molecule has 0 unspecified atom stereocenters. The second kappa shape index (κ2) is 5.54. The average molecular weight is 269 g/mol. The zero-order valence-corrected chi connectivity index (χ0v) is 9.93. The number of rotatable bonds is 3. The zero-order chi connectivity index (χ0) is 14.0. The highest BCUT2D eigenvalue weighted by atomic mass is 16.5. The van der Waals surface area contributed by atoms with Gasteiger partial charge in [-0.3, -0.25) is 0 Å². The van der Waals surface area contributed by atoms with Crippen LogP contribution in [-0.4, -0.2) is 57.5 Å². The fourth-order valence-electron chi connectivity index (χ4n) is 1.81. The quantitative estimate of drug-likeness (QED) is 0.489. The first kappa shape index (κ1) is 13.8. The lowest BCUT2D eigenvalue weighted by Crippen LogP contribution is -2.55. The molecular weight excluding hydrogens is 254 g/mol. The molecule has 0 radical (unpaired) electrons. The molecule has 0 saturated carbocycles. The summed E-state index contributed by atoms with van der Waals surface area (Å²) < 4.78 is 5.17. The highest BCUT2D eigenvalue weighted by molar-refractivity contribution is 5.87. The van der Waals surface area contributed by atoms with Crippen molar-refractivity contribution in [3.05, 3.63) is 29.8 Å². The highest BCUT2D eigenvalue weighted by Crippen LogP contribution is 2.19. The van der Waals surface area contributed by atoms with Gasteiger partial charge in [0.2, 0.25) is 0 Å². The predicted molar refractivity (Wildman–Crippen MR) is 64.8 cm³/mol. The molecule has 0 amide bonds. The monoisotopic (exact) mass is 269 g/mol. The number of hydrogen-bond donors (Lipinski definition) is 5. The Morgan fingerprint density at radius 2 is 1.79 bits per heavy atom. The molecule has 5 N–H and O–H groups in total. The maximum Gasteiger partial charge on any atom is 0.335 e. The van der Waals surface area contributed by atoms with E-state index in [2.05, 4.69) is 5.32 Å². The van der Waals surface area contributed by atoms with Gasteiger partial charge in [-0.2, -0.15) is 0 Å². The Kier molecular flexibility index (Phi) is 4.01. The number of hydrogen-bond acceptors (Lipinski definition) is 6. The Morgan fingerprint density at radius 3 is 2.37 bits per heavy atom. The van der Waals surface area contributed by atoms with Gasteiger partial charge in [-0.15, -0.1) is 0 Å². The van der Waals surface area contributed by atoms with Crippen molar-refractivity contribution in [1.82, 2.24) is 0 Å². The molecule has 0 aliphatic carbocycles. The summed E-state index contributed by atoms with van der Waals surface area (Å²) in [6.45, 7) is -0.0941. The molecular formula is C12H15NO6. The largest absolute Gasteiger partial charge is 0.478 e. The molecule has 1 aliphatic rings. The van der Waals surface area contributed by atoms with Crippen molar-refractivity contribution in [2.24, 2.45) is 0 Å². The fourth-order valence-corrected chi connectivity index (χ4v) is 1.81. The third kappa shape index (κ3) is 3.02. The number of carboxylic acids is 1. The molecule has 1 heterocycles. The second-order valence-corrected chi connectivity index (χ2v) is 4.33. The van der Waals surface area contributed by atoms with Crippen molar-refractivity contribution in [2.45, 2.75) is 24.5 Å². The van der Waals surface area contributed by atoms with Crippen LogP contribution < -0.4 is 5.32 Å². The van der Waals surface area contributed by atoms with Gasteiger partial charge in [-0.25, -0.2) is 4.79 Å². The van der Waals surface area contributed by atoms with Crippen LogP contribution in [0.15, 0.2) is 24.3 Å². The molecule has 0 bridgehead atoms. The first-order chi connectivity index (χ1) is 8.99. The van der Waals surface area contributed by atoms with E-state index >= 15 is 0 Å². The topological polar surface area (TPSA) is 119 Å². The van der Waals surface area contributed by atoms with Gasteiger partial charge < -0.3 is 30.5 Å². The van der Waals surface area contributed by atoms with Crippen LogP contribution >= 0.6 is 0 Å². The Morgan fingerprint density at radius 1 is 1.16 bits per heavy atom. The number of aromatic carboxylic acids is 1. The molecule has 7 heteroatoms. The van der Waals surface area contributed by atoms with E-state index in [1.807, 2.05) is 0 Å². The van der Waals surface area contributed by atoms with Crippen LogP contribution in [0.25, 0.3) is 0 Å². The van der Waals surface area contributed by atoms with Gasteiger partial charge >= 0.3 is 5.97 Å². The molecule has 0 spiro atoms. The summed E-state index contributed by atoms with van der Waals surface area (Å²) in [5, 5.41) is 40.1. The Balaban J connectivity index is 2.03. The number of nitrogens with one attached hydrogen (secondary N) is 1. The van der Waals surface area contributed by atoms with Crippen molar-refractivity contribution in [2.75, 3.05) is 11.9 Å². The third-order valence-electron chi connectivity index (χ3n) is 2.94. The third-order valence-corrected chi connectivity index (χ3v) is 2.94.